The van der Waals surface area contributed by atoms with Gasteiger partial charge in [-0.25, -0.2) is 22.0 Å². The lowest BCUT2D eigenvalue weighted by atomic mass is 9.63. The quantitative estimate of drug-likeness (QED) is 0.198. The first-order valence-electron chi connectivity index (χ1n) is 13.5. The van der Waals surface area contributed by atoms with E-state index in [0.29, 0.717) is 38.5 Å². The average Bonchev–Trinajstić information content (AvgIpc) is 3.36. The molecule has 8 heteroatoms. The Hall–Kier alpha value is -3.52. The lowest BCUT2D eigenvalue weighted by Crippen LogP contribution is -2.60. The SMILES string of the molecule is CN(C)C1(c2ccccc2)CCC2(CC1)C1=C(CCN2C(=O)c2c(F)c(F)c(F)c(F)c2F)c2ccccc2C1. The van der Waals surface area contributed by atoms with Gasteiger partial charge in [0.05, 0.1) is 5.54 Å². The van der Waals surface area contributed by atoms with Crippen molar-refractivity contribution in [1.82, 2.24) is 9.80 Å². The van der Waals surface area contributed by atoms with Crippen LogP contribution in [0.3, 0.4) is 0 Å². The second-order valence-electron chi connectivity index (χ2n) is 11.3. The van der Waals surface area contributed by atoms with Crippen LogP contribution in [0.2, 0.25) is 0 Å². The Morgan fingerprint density at radius 2 is 1.35 bits per heavy atom. The molecule has 0 N–H and O–H groups in total. The van der Waals surface area contributed by atoms with E-state index in [-0.39, 0.29) is 12.1 Å². The highest BCUT2D eigenvalue weighted by Gasteiger charge is 2.54. The lowest BCUT2D eigenvalue weighted by molar-refractivity contribution is 0.00660. The van der Waals surface area contributed by atoms with Crippen LogP contribution in [0.15, 0.2) is 60.2 Å². The zero-order chi connectivity index (χ0) is 28.4. The van der Waals surface area contributed by atoms with E-state index < -0.39 is 46.1 Å². The van der Waals surface area contributed by atoms with Crippen LogP contribution in [0.4, 0.5) is 22.0 Å². The molecule has 0 aromatic heterocycles. The van der Waals surface area contributed by atoms with E-state index in [2.05, 4.69) is 17.0 Å². The predicted molar refractivity (Wildman–Crippen MR) is 142 cm³/mol. The maximum Gasteiger partial charge on any atom is 0.260 e. The van der Waals surface area contributed by atoms with Crippen LogP contribution in [-0.4, -0.2) is 41.9 Å². The fourth-order valence-corrected chi connectivity index (χ4v) is 7.37. The van der Waals surface area contributed by atoms with Gasteiger partial charge in [-0.15, -0.1) is 0 Å². The molecule has 1 fully saturated rings. The molecule has 1 amide bonds. The molecule has 1 heterocycles. The summed E-state index contributed by atoms with van der Waals surface area (Å²) >= 11 is 0. The van der Waals surface area contributed by atoms with Crippen molar-refractivity contribution >= 4 is 11.5 Å². The first kappa shape index (κ1) is 26.7. The Balaban J connectivity index is 1.48. The minimum atomic E-state index is -2.27. The molecule has 3 nitrogen and oxygen atoms in total. The number of carbonyl (C=O) groups excluding carboxylic acids is 1. The number of amides is 1. The Labute approximate surface area is 229 Å². The van der Waals surface area contributed by atoms with Gasteiger partial charge in [0, 0.05) is 12.1 Å². The highest BCUT2D eigenvalue weighted by Crippen LogP contribution is 2.55. The number of hydrogen-bond acceptors (Lipinski definition) is 2. The number of hydrogen-bond donors (Lipinski definition) is 0. The van der Waals surface area contributed by atoms with Gasteiger partial charge in [0.1, 0.15) is 5.56 Å². The summed E-state index contributed by atoms with van der Waals surface area (Å²) in [6, 6.07) is 18.1. The molecule has 0 atom stereocenters. The highest BCUT2D eigenvalue weighted by atomic mass is 19.2. The Morgan fingerprint density at radius 1 is 0.775 bits per heavy atom. The van der Waals surface area contributed by atoms with Gasteiger partial charge in [-0.1, -0.05) is 54.6 Å². The van der Waals surface area contributed by atoms with E-state index in [4.69, 9.17) is 0 Å². The zero-order valence-corrected chi connectivity index (χ0v) is 22.3. The molecule has 1 spiro atoms. The second-order valence-corrected chi connectivity index (χ2v) is 11.3. The van der Waals surface area contributed by atoms with Crippen molar-refractivity contribution < 1.29 is 26.7 Å². The number of fused-ring (bicyclic) bond motifs is 3. The molecule has 3 aromatic carbocycles. The van der Waals surface area contributed by atoms with Crippen molar-refractivity contribution in [3.8, 4) is 0 Å². The van der Waals surface area contributed by atoms with E-state index in [1.54, 1.807) is 0 Å². The molecule has 40 heavy (non-hydrogen) atoms. The minimum absolute atomic E-state index is 0.117. The molecule has 0 saturated heterocycles. The van der Waals surface area contributed by atoms with E-state index in [0.717, 1.165) is 27.8 Å². The predicted octanol–water partition coefficient (Wildman–Crippen LogP) is 7.01. The lowest BCUT2D eigenvalue weighted by Gasteiger charge is -2.56. The molecule has 208 valence electrons. The van der Waals surface area contributed by atoms with Gasteiger partial charge < -0.3 is 4.90 Å². The summed E-state index contributed by atoms with van der Waals surface area (Å²) in [4.78, 5) is 17.5. The third-order valence-corrected chi connectivity index (χ3v) is 9.48. The fourth-order valence-electron chi connectivity index (χ4n) is 7.37. The van der Waals surface area contributed by atoms with E-state index in [1.165, 1.54) is 4.90 Å². The van der Waals surface area contributed by atoms with E-state index in [9.17, 15) is 26.7 Å². The van der Waals surface area contributed by atoms with Crippen LogP contribution in [0.1, 0.15) is 59.2 Å². The van der Waals surface area contributed by atoms with E-state index in [1.807, 2.05) is 56.6 Å². The van der Waals surface area contributed by atoms with E-state index >= 15 is 0 Å². The second kappa shape index (κ2) is 9.54. The van der Waals surface area contributed by atoms with Gasteiger partial charge in [-0.05, 0) is 80.5 Å². The fraction of sp³-hybridized carbons (Fsp3) is 0.344. The van der Waals surface area contributed by atoms with Crippen molar-refractivity contribution in [3.05, 3.63) is 112 Å². The molecule has 1 saturated carbocycles. The van der Waals surface area contributed by atoms with Crippen LogP contribution < -0.4 is 0 Å². The molecular formula is C32H29F5N2O. The summed E-state index contributed by atoms with van der Waals surface area (Å²) in [6.45, 7) is 0.117. The van der Waals surface area contributed by atoms with Crippen LogP contribution >= 0.6 is 0 Å². The zero-order valence-electron chi connectivity index (χ0n) is 22.3. The maximum atomic E-state index is 14.9. The molecule has 1 aliphatic heterocycles. The molecule has 0 radical (unpaired) electrons. The van der Waals surface area contributed by atoms with Crippen molar-refractivity contribution in [3.63, 3.8) is 0 Å². The van der Waals surface area contributed by atoms with Gasteiger partial charge in [-0.3, -0.25) is 9.69 Å². The summed E-state index contributed by atoms with van der Waals surface area (Å²) in [5.74, 6) is -11.8. The summed E-state index contributed by atoms with van der Waals surface area (Å²) in [6.07, 6.45) is 3.25. The molecule has 0 unspecified atom stereocenters. The third kappa shape index (κ3) is 3.68. The van der Waals surface area contributed by atoms with Crippen LogP contribution in [-0.2, 0) is 12.0 Å². The van der Waals surface area contributed by atoms with Gasteiger partial charge >= 0.3 is 0 Å². The first-order chi connectivity index (χ1) is 19.1. The number of halogens is 5. The van der Waals surface area contributed by atoms with Crippen LogP contribution in [0, 0.1) is 29.1 Å². The summed E-state index contributed by atoms with van der Waals surface area (Å²) < 4.78 is 72.0. The number of rotatable bonds is 3. The van der Waals surface area contributed by atoms with Crippen molar-refractivity contribution in [2.45, 2.75) is 49.6 Å². The minimum Gasteiger partial charge on any atom is -0.329 e. The summed E-state index contributed by atoms with van der Waals surface area (Å²) in [5, 5.41) is 0. The molecule has 0 bridgehead atoms. The highest BCUT2D eigenvalue weighted by molar-refractivity contribution is 5.97. The Bertz CT molecular complexity index is 1510. The Morgan fingerprint density at radius 3 is 1.98 bits per heavy atom. The summed E-state index contributed by atoms with van der Waals surface area (Å²) in [7, 11) is 4.03. The van der Waals surface area contributed by atoms with Crippen molar-refractivity contribution in [2.24, 2.45) is 0 Å². The number of carbonyl (C=O) groups is 1. The standard InChI is InChI=1S/C32H29F5N2O/c1-38(2)31(20-9-4-3-5-10-20)13-15-32(16-14-31)23-18-19-8-6-7-11-21(19)22(23)12-17-39(32)30(40)24-25(33)27(35)29(37)28(36)26(24)34/h3-11H,12-18H2,1-2H3. The smallest absolute Gasteiger partial charge is 0.260 e. The Kier molecular flexibility index (Phi) is 6.37. The topological polar surface area (TPSA) is 23.6 Å². The number of nitrogens with zero attached hydrogens (tertiary/aromatic N) is 2. The van der Waals surface area contributed by atoms with Crippen LogP contribution in [0.5, 0.6) is 0 Å². The first-order valence-corrected chi connectivity index (χ1v) is 13.5. The summed E-state index contributed by atoms with van der Waals surface area (Å²) in [5.41, 5.74) is 2.84. The third-order valence-electron chi connectivity index (χ3n) is 9.48. The molecule has 3 aliphatic rings. The maximum absolute atomic E-state index is 14.9. The monoisotopic (exact) mass is 552 g/mol. The van der Waals surface area contributed by atoms with Gasteiger partial charge in [0.15, 0.2) is 23.3 Å². The van der Waals surface area contributed by atoms with Crippen molar-refractivity contribution in [2.75, 3.05) is 20.6 Å². The molecule has 6 rings (SSSR count). The normalized spacial score (nSPS) is 24.1. The van der Waals surface area contributed by atoms with Crippen molar-refractivity contribution in [1.29, 1.82) is 0 Å². The average molecular weight is 553 g/mol. The van der Waals surface area contributed by atoms with Gasteiger partial charge in [0.2, 0.25) is 5.82 Å². The number of benzene rings is 3. The molecule has 2 aliphatic carbocycles. The molecule has 3 aromatic rings. The molecular weight excluding hydrogens is 523 g/mol. The van der Waals surface area contributed by atoms with Gasteiger partial charge in [0.25, 0.3) is 5.91 Å². The van der Waals surface area contributed by atoms with Crippen LogP contribution in [0.25, 0.3) is 5.57 Å². The largest absolute Gasteiger partial charge is 0.329 e. The van der Waals surface area contributed by atoms with Gasteiger partial charge in [-0.2, -0.15) is 0 Å².